The van der Waals surface area contributed by atoms with Crippen molar-refractivity contribution in [2.45, 2.75) is 26.3 Å². The molecule has 1 aromatic carbocycles. The Hall–Kier alpha value is -2.18. The minimum atomic E-state index is -0.771. The van der Waals surface area contributed by atoms with Crippen molar-refractivity contribution in [1.29, 1.82) is 0 Å². The van der Waals surface area contributed by atoms with Crippen LogP contribution in [0.5, 0.6) is 0 Å². The minimum absolute atomic E-state index is 0.257. The molecule has 6 nitrogen and oxygen atoms in total. The van der Waals surface area contributed by atoms with Gasteiger partial charge in [0.1, 0.15) is 0 Å². The van der Waals surface area contributed by atoms with Gasteiger partial charge in [-0.15, -0.1) is 0 Å². The second kappa shape index (κ2) is 7.37. The molecule has 0 amide bonds. The molecule has 1 N–H and O–H groups in total. The summed E-state index contributed by atoms with van der Waals surface area (Å²) in [6.07, 6.45) is 2.90. The fourth-order valence-corrected chi connectivity index (χ4v) is 3.38. The van der Waals surface area contributed by atoms with Crippen LogP contribution < -0.4 is 0 Å². The second-order valence-electron chi connectivity index (χ2n) is 6.73. The number of carbonyl (C=O) groups is 1. The van der Waals surface area contributed by atoms with Crippen molar-refractivity contribution in [3.05, 3.63) is 41.9 Å². The molecule has 1 aromatic heterocycles. The number of oxazole rings is 1. The van der Waals surface area contributed by atoms with Gasteiger partial charge in [0.25, 0.3) is 0 Å². The molecule has 0 spiro atoms. The smallest absolute Gasteiger partial charge is 0.312 e. The number of piperidine rings is 1. The van der Waals surface area contributed by atoms with Crippen molar-refractivity contribution >= 4 is 5.97 Å². The van der Waals surface area contributed by atoms with E-state index in [-0.39, 0.29) is 6.61 Å². The zero-order valence-corrected chi connectivity index (χ0v) is 14.7. The van der Waals surface area contributed by atoms with Crippen LogP contribution in [0.4, 0.5) is 0 Å². The van der Waals surface area contributed by atoms with Crippen LogP contribution in [0, 0.1) is 12.3 Å². The van der Waals surface area contributed by atoms with Crippen molar-refractivity contribution in [3.63, 3.8) is 0 Å². The lowest BCUT2D eigenvalue weighted by molar-refractivity contribution is -0.156. The number of methoxy groups -OCH3 is 1. The van der Waals surface area contributed by atoms with Crippen molar-refractivity contribution in [2.75, 3.05) is 26.8 Å². The molecule has 1 fully saturated rings. The number of aliphatic carboxylic acids is 1. The number of carboxylic acid groups (broad SMARTS) is 1. The van der Waals surface area contributed by atoms with E-state index in [1.807, 2.05) is 31.2 Å². The molecule has 2 aromatic rings. The van der Waals surface area contributed by atoms with Crippen LogP contribution in [0.3, 0.4) is 0 Å². The van der Waals surface area contributed by atoms with E-state index in [1.165, 1.54) is 0 Å². The third-order valence-electron chi connectivity index (χ3n) is 5.01. The predicted octanol–water partition coefficient (Wildman–Crippen LogP) is 2.96. The standard InChI is InChI=1S/C19H24N2O4/c1-14-5-3-4-6-15(14)16-11-20-17(25-16)12-21-9-7-19(8-10-21,13-24-2)18(22)23/h3-6,11H,7-10,12-13H2,1-2H3,(H,22,23). The van der Waals surface area contributed by atoms with Crippen molar-refractivity contribution in [3.8, 4) is 11.3 Å². The van der Waals surface area contributed by atoms with Gasteiger partial charge >= 0.3 is 5.97 Å². The number of rotatable bonds is 6. The molecular weight excluding hydrogens is 320 g/mol. The Bertz CT molecular complexity index is 733. The van der Waals surface area contributed by atoms with Gasteiger partial charge in [0.2, 0.25) is 5.89 Å². The Balaban J connectivity index is 1.63. The van der Waals surface area contributed by atoms with Gasteiger partial charge in [0.05, 0.1) is 24.8 Å². The largest absolute Gasteiger partial charge is 0.481 e. The number of hydrogen-bond donors (Lipinski definition) is 1. The van der Waals surface area contributed by atoms with E-state index in [4.69, 9.17) is 9.15 Å². The van der Waals surface area contributed by atoms with Crippen LogP contribution in [0.2, 0.25) is 0 Å². The maximum Gasteiger partial charge on any atom is 0.312 e. The van der Waals surface area contributed by atoms with E-state index in [0.717, 1.165) is 16.9 Å². The van der Waals surface area contributed by atoms with Crippen LogP contribution in [-0.4, -0.2) is 47.8 Å². The first-order chi connectivity index (χ1) is 12.0. The minimum Gasteiger partial charge on any atom is -0.481 e. The monoisotopic (exact) mass is 344 g/mol. The molecule has 25 heavy (non-hydrogen) atoms. The molecule has 3 rings (SSSR count). The first-order valence-corrected chi connectivity index (χ1v) is 8.49. The first-order valence-electron chi connectivity index (χ1n) is 8.49. The molecule has 1 aliphatic rings. The highest BCUT2D eigenvalue weighted by atomic mass is 16.5. The van der Waals surface area contributed by atoms with Crippen molar-refractivity contribution in [2.24, 2.45) is 5.41 Å². The molecule has 1 saturated heterocycles. The van der Waals surface area contributed by atoms with Gasteiger partial charge < -0.3 is 14.3 Å². The summed E-state index contributed by atoms with van der Waals surface area (Å²) in [6, 6.07) is 8.05. The number of aryl methyl sites for hydroxylation is 1. The Kier molecular flexibility index (Phi) is 5.20. The Morgan fingerprint density at radius 2 is 2.08 bits per heavy atom. The fraction of sp³-hybridized carbons (Fsp3) is 0.474. The lowest BCUT2D eigenvalue weighted by Gasteiger charge is -2.37. The van der Waals surface area contributed by atoms with Crippen LogP contribution in [0.15, 0.2) is 34.9 Å². The number of aromatic nitrogens is 1. The Morgan fingerprint density at radius 3 is 2.72 bits per heavy atom. The first kappa shape index (κ1) is 17.6. The van der Waals surface area contributed by atoms with Gasteiger partial charge in [0.15, 0.2) is 5.76 Å². The van der Waals surface area contributed by atoms with Crippen molar-refractivity contribution in [1.82, 2.24) is 9.88 Å². The predicted molar refractivity (Wildman–Crippen MR) is 93.1 cm³/mol. The average molecular weight is 344 g/mol. The normalized spacial score (nSPS) is 17.5. The number of hydrogen-bond acceptors (Lipinski definition) is 5. The van der Waals surface area contributed by atoms with E-state index in [0.29, 0.717) is 38.4 Å². The number of likely N-dealkylation sites (tertiary alicyclic amines) is 1. The highest BCUT2D eigenvalue weighted by Crippen LogP contribution is 2.33. The average Bonchev–Trinajstić information content (AvgIpc) is 3.05. The maximum atomic E-state index is 11.6. The van der Waals surface area contributed by atoms with Gasteiger partial charge in [-0.25, -0.2) is 4.98 Å². The molecule has 0 unspecified atom stereocenters. The van der Waals surface area contributed by atoms with Crippen LogP contribution in [-0.2, 0) is 16.1 Å². The lowest BCUT2D eigenvalue weighted by atomic mass is 9.79. The van der Waals surface area contributed by atoms with E-state index in [2.05, 4.69) is 9.88 Å². The molecule has 0 aliphatic carbocycles. The third-order valence-corrected chi connectivity index (χ3v) is 5.01. The van der Waals surface area contributed by atoms with Gasteiger partial charge in [-0.1, -0.05) is 24.3 Å². The summed E-state index contributed by atoms with van der Waals surface area (Å²) in [5, 5.41) is 9.52. The van der Waals surface area contributed by atoms with Gasteiger partial charge in [-0.3, -0.25) is 9.69 Å². The van der Waals surface area contributed by atoms with E-state index < -0.39 is 11.4 Å². The molecular formula is C19H24N2O4. The zero-order chi connectivity index (χ0) is 17.9. The zero-order valence-electron chi connectivity index (χ0n) is 14.7. The molecule has 6 heteroatoms. The van der Waals surface area contributed by atoms with Crippen molar-refractivity contribution < 1.29 is 19.1 Å². The number of nitrogens with zero attached hydrogens (tertiary/aromatic N) is 2. The Morgan fingerprint density at radius 1 is 1.36 bits per heavy atom. The summed E-state index contributed by atoms with van der Waals surface area (Å²) in [7, 11) is 1.55. The number of carboxylic acids is 1. The summed E-state index contributed by atoms with van der Waals surface area (Å²) in [4.78, 5) is 18.2. The summed E-state index contributed by atoms with van der Waals surface area (Å²) in [5.74, 6) is 0.657. The van der Waals surface area contributed by atoms with Crippen LogP contribution >= 0.6 is 0 Å². The number of benzene rings is 1. The van der Waals surface area contributed by atoms with E-state index in [9.17, 15) is 9.90 Å². The van der Waals surface area contributed by atoms with Gasteiger partial charge in [-0.05, 0) is 38.4 Å². The summed E-state index contributed by atoms with van der Waals surface area (Å²) >= 11 is 0. The second-order valence-corrected chi connectivity index (χ2v) is 6.73. The molecule has 1 aliphatic heterocycles. The topological polar surface area (TPSA) is 75.8 Å². The summed E-state index contributed by atoms with van der Waals surface area (Å²) in [6.45, 7) is 4.28. The van der Waals surface area contributed by atoms with E-state index >= 15 is 0 Å². The SMILES string of the molecule is COCC1(C(=O)O)CCN(Cc2ncc(-c3ccccc3C)o2)CC1. The van der Waals surface area contributed by atoms with Gasteiger partial charge in [-0.2, -0.15) is 0 Å². The molecule has 0 atom stereocenters. The molecule has 0 bridgehead atoms. The Labute approximate surface area is 147 Å². The molecule has 134 valence electrons. The van der Waals surface area contributed by atoms with E-state index in [1.54, 1.807) is 13.3 Å². The summed E-state index contributed by atoms with van der Waals surface area (Å²) in [5.41, 5.74) is 1.42. The quantitative estimate of drug-likeness (QED) is 0.868. The highest BCUT2D eigenvalue weighted by molar-refractivity contribution is 5.75. The highest BCUT2D eigenvalue weighted by Gasteiger charge is 2.41. The maximum absolute atomic E-state index is 11.6. The van der Waals surface area contributed by atoms with Gasteiger partial charge in [0, 0.05) is 12.7 Å². The number of ether oxygens (including phenoxy) is 1. The lowest BCUT2D eigenvalue weighted by Crippen LogP contribution is -2.46. The fourth-order valence-electron chi connectivity index (χ4n) is 3.38. The van der Waals surface area contributed by atoms with Crippen LogP contribution in [0.25, 0.3) is 11.3 Å². The van der Waals surface area contributed by atoms with Crippen LogP contribution in [0.1, 0.15) is 24.3 Å². The molecule has 0 radical (unpaired) electrons. The third kappa shape index (κ3) is 3.75. The molecule has 2 heterocycles. The summed E-state index contributed by atoms with van der Waals surface area (Å²) < 4.78 is 11.0. The molecule has 0 saturated carbocycles.